The molecule has 1 saturated heterocycles. The lowest BCUT2D eigenvalue weighted by molar-refractivity contribution is -0.127. The zero-order valence-corrected chi connectivity index (χ0v) is 14.0. The van der Waals surface area contributed by atoms with Crippen molar-refractivity contribution in [2.45, 2.75) is 32.7 Å². The van der Waals surface area contributed by atoms with Crippen molar-refractivity contribution in [3.05, 3.63) is 42.0 Å². The monoisotopic (exact) mass is 321 g/mol. The topological polar surface area (TPSA) is 54.5 Å². The van der Waals surface area contributed by atoms with Crippen LogP contribution in [-0.4, -0.2) is 43.3 Å². The van der Waals surface area contributed by atoms with Crippen LogP contribution in [0.2, 0.25) is 0 Å². The van der Waals surface area contributed by atoms with Crippen LogP contribution in [0.1, 0.15) is 32.3 Å². The first kappa shape index (κ1) is 16.7. The summed E-state index contributed by atoms with van der Waals surface area (Å²) in [6, 6.07) is 9.63. The van der Waals surface area contributed by atoms with E-state index in [2.05, 4.69) is 0 Å². The summed E-state index contributed by atoms with van der Waals surface area (Å²) in [6.07, 6.45) is 2.96. The largest absolute Gasteiger partial charge is 0.335 e. The van der Waals surface area contributed by atoms with Crippen molar-refractivity contribution >= 4 is 21.3 Å². The molecular formula is C17H23NO3S. The molecule has 2 rings (SSSR count). The lowest BCUT2D eigenvalue weighted by Crippen LogP contribution is -2.40. The maximum atomic E-state index is 12.6. The number of rotatable bonds is 5. The molecule has 22 heavy (non-hydrogen) atoms. The molecule has 1 amide bonds. The molecule has 1 aromatic rings. The van der Waals surface area contributed by atoms with Gasteiger partial charge in [0.2, 0.25) is 5.91 Å². The number of amides is 1. The van der Waals surface area contributed by atoms with Gasteiger partial charge in [0.25, 0.3) is 0 Å². The van der Waals surface area contributed by atoms with E-state index in [0.717, 1.165) is 17.6 Å². The van der Waals surface area contributed by atoms with E-state index in [4.69, 9.17) is 0 Å². The van der Waals surface area contributed by atoms with E-state index in [0.29, 0.717) is 13.0 Å². The SMILES string of the molecule is CC/C(=C\C(=O)N(CC)C1CCS(=O)(=O)C1)c1ccccc1. The van der Waals surface area contributed by atoms with Gasteiger partial charge in [0, 0.05) is 18.7 Å². The standard InChI is InChI=1S/C17H23NO3S/c1-3-14(15-8-6-5-7-9-15)12-17(19)18(4-2)16-10-11-22(20,21)13-16/h5-9,12,16H,3-4,10-11,13H2,1-2H3/b14-12+. The maximum absolute atomic E-state index is 12.6. The highest BCUT2D eigenvalue weighted by Crippen LogP contribution is 2.21. The Kier molecular flexibility index (Phi) is 5.40. The van der Waals surface area contributed by atoms with Gasteiger partial charge in [-0.15, -0.1) is 0 Å². The Bertz CT molecular complexity index is 650. The van der Waals surface area contributed by atoms with E-state index in [-0.39, 0.29) is 23.5 Å². The minimum atomic E-state index is -2.98. The van der Waals surface area contributed by atoms with Gasteiger partial charge in [-0.2, -0.15) is 0 Å². The first-order valence-corrected chi connectivity index (χ1v) is 9.56. The number of hydrogen-bond acceptors (Lipinski definition) is 3. The number of carbonyl (C=O) groups excluding carboxylic acids is 1. The Balaban J connectivity index is 2.19. The summed E-state index contributed by atoms with van der Waals surface area (Å²) < 4.78 is 23.3. The molecule has 1 heterocycles. The summed E-state index contributed by atoms with van der Waals surface area (Å²) in [5.74, 6) is 0.183. The van der Waals surface area contributed by atoms with Gasteiger partial charge in [-0.1, -0.05) is 37.3 Å². The summed E-state index contributed by atoms with van der Waals surface area (Å²) in [6.45, 7) is 4.44. The number of sulfone groups is 1. The Morgan fingerprint density at radius 1 is 1.27 bits per heavy atom. The number of allylic oxidation sites excluding steroid dienone is 1. The number of carbonyl (C=O) groups is 1. The minimum absolute atomic E-state index is 0.0905. The third kappa shape index (κ3) is 3.97. The predicted octanol–water partition coefficient (Wildman–Crippen LogP) is 2.52. The van der Waals surface area contributed by atoms with Gasteiger partial charge in [0.15, 0.2) is 9.84 Å². The van der Waals surface area contributed by atoms with E-state index in [9.17, 15) is 13.2 Å². The van der Waals surface area contributed by atoms with Crippen LogP contribution >= 0.6 is 0 Å². The molecule has 1 aliphatic heterocycles. The molecule has 0 saturated carbocycles. The van der Waals surface area contributed by atoms with Crippen molar-refractivity contribution in [2.75, 3.05) is 18.1 Å². The molecule has 0 aromatic heterocycles. The van der Waals surface area contributed by atoms with E-state index in [1.165, 1.54) is 0 Å². The van der Waals surface area contributed by atoms with Crippen LogP contribution in [0.15, 0.2) is 36.4 Å². The minimum Gasteiger partial charge on any atom is -0.335 e. The second kappa shape index (κ2) is 7.09. The lowest BCUT2D eigenvalue weighted by Gasteiger charge is -2.26. The molecule has 1 unspecified atom stereocenters. The lowest BCUT2D eigenvalue weighted by atomic mass is 10.0. The average molecular weight is 321 g/mol. The molecule has 0 N–H and O–H groups in total. The van der Waals surface area contributed by atoms with Crippen LogP contribution in [0.3, 0.4) is 0 Å². The number of likely N-dealkylation sites (N-methyl/N-ethyl adjacent to an activating group) is 1. The summed E-state index contributed by atoms with van der Waals surface area (Å²) >= 11 is 0. The maximum Gasteiger partial charge on any atom is 0.247 e. The summed E-state index contributed by atoms with van der Waals surface area (Å²) in [7, 11) is -2.98. The normalized spacial score (nSPS) is 20.8. The summed E-state index contributed by atoms with van der Waals surface area (Å²) in [5, 5.41) is 0. The molecule has 1 fully saturated rings. The molecule has 4 nitrogen and oxygen atoms in total. The van der Waals surface area contributed by atoms with Gasteiger partial charge in [-0.3, -0.25) is 4.79 Å². The second-order valence-electron chi connectivity index (χ2n) is 5.57. The molecule has 1 aromatic carbocycles. The van der Waals surface area contributed by atoms with Crippen LogP contribution < -0.4 is 0 Å². The fourth-order valence-electron chi connectivity index (χ4n) is 2.89. The van der Waals surface area contributed by atoms with Crippen molar-refractivity contribution in [1.82, 2.24) is 4.90 Å². The van der Waals surface area contributed by atoms with Crippen LogP contribution in [-0.2, 0) is 14.6 Å². The Labute approximate surface area is 132 Å². The number of benzene rings is 1. The Morgan fingerprint density at radius 2 is 1.95 bits per heavy atom. The van der Waals surface area contributed by atoms with Crippen LogP contribution in [0, 0.1) is 0 Å². The van der Waals surface area contributed by atoms with E-state index in [1.807, 2.05) is 44.2 Å². The fourth-order valence-corrected chi connectivity index (χ4v) is 4.62. The third-order valence-electron chi connectivity index (χ3n) is 4.10. The summed E-state index contributed by atoms with van der Waals surface area (Å²) in [4.78, 5) is 14.3. The average Bonchev–Trinajstić information content (AvgIpc) is 2.86. The molecular weight excluding hydrogens is 298 g/mol. The van der Waals surface area contributed by atoms with Crippen molar-refractivity contribution < 1.29 is 13.2 Å². The predicted molar refractivity (Wildman–Crippen MR) is 89.2 cm³/mol. The molecule has 0 radical (unpaired) electrons. The summed E-state index contributed by atoms with van der Waals surface area (Å²) in [5.41, 5.74) is 2.01. The zero-order valence-electron chi connectivity index (χ0n) is 13.2. The molecule has 1 atom stereocenters. The highest BCUT2D eigenvalue weighted by molar-refractivity contribution is 7.91. The van der Waals surface area contributed by atoms with Gasteiger partial charge >= 0.3 is 0 Å². The van der Waals surface area contributed by atoms with E-state index in [1.54, 1.807) is 11.0 Å². The Morgan fingerprint density at radius 3 is 2.45 bits per heavy atom. The van der Waals surface area contributed by atoms with E-state index >= 15 is 0 Å². The highest BCUT2D eigenvalue weighted by Gasteiger charge is 2.33. The molecule has 1 aliphatic rings. The fraction of sp³-hybridized carbons (Fsp3) is 0.471. The van der Waals surface area contributed by atoms with Gasteiger partial charge in [0.05, 0.1) is 11.5 Å². The molecule has 5 heteroatoms. The first-order chi connectivity index (χ1) is 10.5. The molecule has 0 aliphatic carbocycles. The zero-order chi connectivity index (χ0) is 16.2. The van der Waals surface area contributed by atoms with Crippen LogP contribution in [0.25, 0.3) is 5.57 Å². The van der Waals surface area contributed by atoms with Crippen LogP contribution in [0.5, 0.6) is 0 Å². The third-order valence-corrected chi connectivity index (χ3v) is 5.85. The smallest absolute Gasteiger partial charge is 0.247 e. The van der Waals surface area contributed by atoms with Crippen molar-refractivity contribution in [3.63, 3.8) is 0 Å². The highest BCUT2D eigenvalue weighted by atomic mass is 32.2. The van der Waals surface area contributed by atoms with Gasteiger partial charge < -0.3 is 4.90 Å². The van der Waals surface area contributed by atoms with E-state index < -0.39 is 9.84 Å². The van der Waals surface area contributed by atoms with Gasteiger partial charge in [-0.25, -0.2) is 8.42 Å². The van der Waals surface area contributed by atoms with Gasteiger partial charge in [-0.05, 0) is 30.9 Å². The number of hydrogen-bond donors (Lipinski definition) is 0. The molecule has 0 bridgehead atoms. The molecule has 120 valence electrons. The van der Waals surface area contributed by atoms with Crippen molar-refractivity contribution in [2.24, 2.45) is 0 Å². The van der Waals surface area contributed by atoms with Gasteiger partial charge in [0.1, 0.15) is 0 Å². The van der Waals surface area contributed by atoms with Crippen molar-refractivity contribution in [1.29, 1.82) is 0 Å². The quantitative estimate of drug-likeness (QED) is 0.783. The van der Waals surface area contributed by atoms with Crippen molar-refractivity contribution in [3.8, 4) is 0 Å². The van der Waals surface area contributed by atoms with Crippen LogP contribution in [0.4, 0.5) is 0 Å². The number of nitrogens with zero attached hydrogens (tertiary/aromatic N) is 1. The second-order valence-corrected chi connectivity index (χ2v) is 7.80. The first-order valence-electron chi connectivity index (χ1n) is 7.74. The molecule has 0 spiro atoms. The Hall–Kier alpha value is -1.62.